The summed E-state index contributed by atoms with van der Waals surface area (Å²) in [6.45, 7) is 9.95. The average Bonchev–Trinajstić information content (AvgIpc) is 3.29. The molecular formula is C20H22N8. The third-order valence-electron chi connectivity index (χ3n) is 4.29. The van der Waals surface area contributed by atoms with Crippen LogP contribution in [0.4, 0.5) is 0 Å². The van der Waals surface area contributed by atoms with Crippen LogP contribution in [0.5, 0.6) is 0 Å². The summed E-state index contributed by atoms with van der Waals surface area (Å²) in [4.78, 5) is 17.6. The third kappa shape index (κ3) is 3.60. The van der Waals surface area contributed by atoms with E-state index in [0.717, 1.165) is 29.7 Å². The number of rotatable bonds is 7. The molecule has 0 atom stereocenters. The molecule has 0 aromatic carbocycles. The Hall–Kier alpha value is -3.60. The zero-order valence-corrected chi connectivity index (χ0v) is 16.3. The number of nitriles is 1. The first-order valence-electron chi connectivity index (χ1n) is 9.07. The van der Waals surface area contributed by atoms with E-state index in [4.69, 9.17) is 0 Å². The second kappa shape index (κ2) is 8.39. The fraction of sp³-hybridized carbons (Fsp3) is 0.300. The van der Waals surface area contributed by atoms with Crippen LogP contribution in [0.15, 0.2) is 41.4 Å². The Morgan fingerprint density at radius 1 is 1.39 bits per heavy atom. The SMILES string of the molecule is C=N/C(=C(C#N)/C=C/C)c1nccn1Cc1ncn2nc(C)nc2c1CCC. The molecule has 0 amide bonds. The maximum absolute atomic E-state index is 9.46. The molecule has 0 aliphatic carbocycles. The first kappa shape index (κ1) is 19.2. The van der Waals surface area contributed by atoms with Crippen LogP contribution < -0.4 is 0 Å². The van der Waals surface area contributed by atoms with Crippen LogP contribution in [-0.2, 0) is 13.0 Å². The number of imidazole rings is 1. The molecule has 28 heavy (non-hydrogen) atoms. The summed E-state index contributed by atoms with van der Waals surface area (Å²) in [7, 11) is 0. The van der Waals surface area contributed by atoms with Gasteiger partial charge in [-0.3, -0.25) is 4.99 Å². The monoisotopic (exact) mass is 374 g/mol. The first-order valence-corrected chi connectivity index (χ1v) is 9.07. The minimum Gasteiger partial charge on any atom is -0.324 e. The van der Waals surface area contributed by atoms with Crippen LogP contribution in [0.2, 0.25) is 0 Å². The molecule has 0 spiro atoms. The lowest BCUT2D eigenvalue weighted by Gasteiger charge is -2.12. The Labute approximate surface area is 163 Å². The van der Waals surface area contributed by atoms with Crippen LogP contribution in [0.25, 0.3) is 11.3 Å². The van der Waals surface area contributed by atoms with Crippen molar-refractivity contribution in [1.82, 2.24) is 29.1 Å². The van der Waals surface area contributed by atoms with Crippen molar-refractivity contribution >= 4 is 18.1 Å². The number of nitrogens with zero attached hydrogens (tertiary/aromatic N) is 8. The highest BCUT2D eigenvalue weighted by Crippen LogP contribution is 2.22. The van der Waals surface area contributed by atoms with Gasteiger partial charge in [0.2, 0.25) is 0 Å². The van der Waals surface area contributed by atoms with Crippen LogP contribution >= 0.6 is 0 Å². The number of aromatic nitrogens is 6. The maximum atomic E-state index is 9.46. The molecule has 8 heteroatoms. The third-order valence-corrected chi connectivity index (χ3v) is 4.29. The number of aryl methyl sites for hydroxylation is 2. The van der Waals surface area contributed by atoms with Crippen LogP contribution in [0.1, 0.15) is 43.2 Å². The Balaban J connectivity index is 2.09. The fourth-order valence-corrected chi connectivity index (χ4v) is 3.12. The summed E-state index contributed by atoms with van der Waals surface area (Å²) in [5.74, 6) is 1.29. The van der Waals surface area contributed by atoms with Gasteiger partial charge in [0.15, 0.2) is 11.5 Å². The second-order valence-electron chi connectivity index (χ2n) is 6.26. The van der Waals surface area contributed by atoms with E-state index in [1.165, 1.54) is 0 Å². The van der Waals surface area contributed by atoms with Crippen LogP contribution in [0, 0.1) is 18.3 Å². The normalized spacial score (nSPS) is 12.4. The summed E-state index contributed by atoms with van der Waals surface area (Å²) in [6.07, 6.45) is 10.5. The molecule has 8 nitrogen and oxygen atoms in total. The molecule has 3 aromatic rings. The second-order valence-corrected chi connectivity index (χ2v) is 6.26. The summed E-state index contributed by atoms with van der Waals surface area (Å²) in [5.41, 5.74) is 3.65. The van der Waals surface area contributed by atoms with Crippen LogP contribution in [0.3, 0.4) is 0 Å². The summed E-state index contributed by atoms with van der Waals surface area (Å²) in [5, 5.41) is 13.8. The molecule has 0 saturated heterocycles. The lowest BCUT2D eigenvalue weighted by molar-refractivity contribution is 0.728. The highest BCUT2D eigenvalue weighted by atomic mass is 15.3. The van der Waals surface area contributed by atoms with Crippen molar-refractivity contribution in [3.63, 3.8) is 0 Å². The number of fused-ring (bicyclic) bond motifs is 1. The molecular weight excluding hydrogens is 352 g/mol. The quantitative estimate of drug-likeness (QED) is 0.359. The van der Waals surface area contributed by atoms with Gasteiger partial charge in [-0.05, 0) is 33.1 Å². The maximum Gasteiger partial charge on any atom is 0.162 e. The Morgan fingerprint density at radius 2 is 2.21 bits per heavy atom. The number of allylic oxidation sites excluding steroid dienone is 3. The van der Waals surface area contributed by atoms with E-state index < -0.39 is 0 Å². The van der Waals surface area contributed by atoms with E-state index in [2.05, 4.69) is 44.8 Å². The number of hydrogen-bond acceptors (Lipinski definition) is 6. The first-order chi connectivity index (χ1) is 13.6. The van der Waals surface area contributed by atoms with Crippen molar-refractivity contribution in [3.05, 3.63) is 59.4 Å². The Kier molecular flexibility index (Phi) is 5.75. The summed E-state index contributed by atoms with van der Waals surface area (Å²) in [6, 6.07) is 2.16. The van der Waals surface area contributed by atoms with E-state index >= 15 is 0 Å². The Bertz CT molecular complexity index is 1110. The smallest absolute Gasteiger partial charge is 0.162 e. The van der Waals surface area contributed by atoms with Crippen molar-refractivity contribution < 1.29 is 0 Å². The predicted octanol–water partition coefficient (Wildman–Crippen LogP) is 3.14. The minimum atomic E-state index is 0.412. The fourth-order valence-electron chi connectivity index (χ4n) is 3.12. The average molecular weight is 374 g/mol. The summed E-state index contributed by atoms with van der Waals surface area (Å²) >= 11 is 0. The van der Waals surface area contributed by atoms with Gasteiger partial charge in [-0.25, -0.2) is 19.5 Å². The van der Waals surface area contributed by atoms with E-state index in [0.29, 0.717) is 29.5 Å². The van der Waals surface area contributed by atoms with Crippen molar-refractivity contribution in [2.75, 3.05) is 0 Å². The largest absolute Gasteiger partial charge is 0.324 e. The van der Waals surface area contributed by atoms with Crippen molar-refractivity contribution in [1.29, 1.82) is 5.26 Å². The molecule has 3 heterocycles. The van der Waals surface area contributed by atoms with Gasteiger partial charge in [-0.2, -0.15) is 10.4 Å². The molecule has 0 bridgehead atoms. The molecule has 0 N–H and O–H groups in total. The van der Waals surface area contributed by atoms with Crippen molar-refractivity contribution in [2.45, 2.75) is 40.2 Å². The highest BCUT2D eigenvalue weighted by molar-refractivity contribution is 5.72. The summed E-state index contributed by atoms with van der Waals surface area (Å²) < 4.78 is 3.64. The zero-order chi connectivity index (χ0) is 20.1. The molecule has 0 saturated carbocycles. The molecule has 0 aliphatic rings. The van der Waals surface area contributed by atoms with Gasteiger partial charge in [0.1, 0.15) is 23.9 Å². The highest BCUT2D eigenvalue weighted by Gasteiger charge is 2.17. The molecule has 0 radical (unpaired) electrons. The van der Waals surface area contributed by atoms with Gasteiger partial charge >= 0.3 is 0 Å². The minimum absolute atomic E-state index is 0.412. The van der Waals surface area contributed by atoms with E-state index in [1.807, 2.05) is 24.6 Å². The molecule has 142 valence electrons. The topological polar surface area (TPSA) is 97.0 Å². The van der Waals surface area contributed by atoms with Gasteiger partial charge in [0, 0.05) is 18.0 Å². The molecule has 0 unspecified atom stereocenters. The molecule has 0 aliphatic heterocycles. The molecule has 3 rings (SSSR count). The van der Waals surface area contributed by atoms with Gasteiger partial charge in [0.05, 0.1) is 17.8 Å². The lowest BCUT2D eigenvalue weighted by Crippen LogP contribution is -2.10. The number of aliphatic imine (C=N–C) groups is 1. The predicted molar refractivity (Wildman–Crippen MR) is 108 cm³/mol. The van der Waals surface area contributed by atoms with Gasteiger partial charge < -0.3 is 4.57 Å². The van der Waals surface area contributed by atoms with Crippen LogP contribution in [-0.4, -0.2) is 35.9 Å². The van der Waals surface area contributed by atoms with E-state index in [9.17, 15) is 5.26 Å². The van der Waals surface area contributed by atoms with Gasteiger partial charge in [0.25, 0.3) is 0 Å². The molecule has 0 fully saturated rings. The molecule has 3 aromatic heterocycles. The van der Waals surface area contributed by atoms with Crippen molar-refractivity contribution in [2.24, 2.45) is 4.99 Å². The van der Waals surface area contributed by atoms with Gasteiger partial charge in [-0.15, -0.1) is 0 Å². The van der Waals surface area contributed by atoms with E-state index in [1.54, 1.807) is 29.2 Å². The van der Waals surface area contributed by atoms with E-state index in [-0.39, 0.29) is 0 Å². The standard InChI is InChI=1S/C20H22N8/c1-5-7-15(11-21)18(22-4)20-23-9-10-27(20)12-17-16(8-6-2)19-25-14(3)26-28(19)13-24-17/h5,7,9-10,13H,4,6,8,12H2,1-3H3/b7-5+,18-15-. The lowest BCUT2D eigenvalue weighted by atomic mass is 10.1. The Morgan fingerprint density at radius 3 is 2.89 bits per heavy atom. The van der Waals surface area contributed by atoms with Gasteiger partial charge in [-0.1, -0.05) is 19.4 Å². The zero-order valence-electron chi connectivity index (χ0n) is 16.3. The van der Waals surface area contributed by atoms with Crippen molar-refractivity contribution in [3.8, 4) is 6.07 Å². The number of hydrogen-bond donors (Lipinski definition) is 0.